The molecule has 0 atom stereocenters. The second-order valence-electron chi connectivity index (χ2n) is 7.85. The number of pyridine rings is 1. The molecule has 0 radical (unpaired) electrons. The van der Waals surface area contributed by atoms with Crippen LogP contribution in [-0.4, -0.2) is 54.7 Å². The molecule has 0 spiro atoms. The molecule has 0 unspecified atom stereocenters. The molecule has 9 nitrogen and oxygen atoms in total. The van der Waals surface area contributed by atoms with Crippen molar-refractivity contribution < 1.29 is 13.9 Å². The van der Waals surface area contributed by atoms with Crippen molar-refractivity contribution in [1.29, 1.82) is 0 Å². The number of ether oxygens (including phenoxy) is 1. The van der Waals surface area contributed by atoms with E-state index in [4.69, 9.17) is 4.74 Å². The molecule has 10 heteroatoms. The maximum Gasteiger partial charge on any atom is 0.253 e. The van der Waals surface area contributed by atoms with Crippen molar-refractivity contribution in [2.24, 2.45) is 7.05 Å². The van der Waals surface area contributed by atoms with Crippen LogP contribution in [0, 0.1) is 5.82 Å². The number of nitrogens with one attached hydrogen (secondary N) is 1. The summed E-state index contributed by atoms with van der Waals surface area (Å²) in [6.07, 6.45) is 6.64. The summed E-state index contributed by atoms with van der Waals surface area (Å²) in [7, 11) is 1.78. The minimum Gasteiger partial charge on any atom is -0.381 e. The Kier molecular flexibility index (Phi) is 5.66. The highest BCUT2D eigenvalue weighted by atomic mass is 19.1. The molecule has 1 N–H and O–H groups in total. The summed E-state index contributed by atoms with van der Waals surface area (Å²) in [6.45, 7) is 1.33. The molecule has 168 valence electrons. The molecular weight excluding hydrogens is 425 g/mol. The molecule has 1 aliphatic rings. The Morgan fingerprint density at radius 1 is 1.12 bits per heavy atom. The zero-order valence-electron chi connectivity index (χ0n) is 18.0. The van der Waals surface area contributed by atoms with Gasteiger partial charge in [0.2, 0.25) is 0 Å². The first-order chi connectivity index (χ1) is 16.1. The first kappa shape index (κ1) is 21.0. The van der Waals surface area contributed by atoms with Gasteiger partial charge in [0, 0.05) is 44.3 Å². The van der Waals surface area contributed by atoms with Gasteiger partial charge in [0.15, 0.2) is 0 Å². The summed E-state index contributed by atoms with van der Waals surface area (Å²) in [5.74, 6) is 0.163. The van der Waals surface area contributed by atoms with Crippen molar-refractivity contribution in [2.75, 3.05) is 13.2 Å². The highest BCUT2D eigenvalue weighted by Crippen LogP contribution is 2.29. The van der Waals surface area contributed by atoms with Crippen LogP contribution in [0.3, 0.4) is 0 Å². The van der Waals surface area contributed by atoms with E-state index in [0.29, 0.717) is 41.7 Å². The lowest BCUT2D eigenvalue weighted by atomic mass is 10.1. The smallest absolute Gasteiger partial charge is 0.253 e. The fraction of sp³-hybridized carbons (Fsp3) is 0.261. The number of carbonyl (C=O) groups excluding carboxylic acids is 1. The van der Waals surface area contributed by atoms with E-state index in [1.165, 1.54) is 12.1 Å². The molecule has 33 heavy (non-hydrogen) atoms. The monoisotopic (exact) mass is 447 g/mol. The topological polar surface area (TPSA) is 99.8 Å². The number of imidazole rings is 1. The van der Waals surface area contributed by atoms with E-state index < -0.39 is 0 Å². The summed E-state index contributed by atoms with van der Waals surface area (Å²) >= 11 is 0. The fourth-order valence-electron chi connectivity index (χ4n) is 3.80. The van der Waals surface area contributed by atoms with Gasteiger partial charge in [0.25, 0.3) is 5.91 Å². The van der Waals surface area contributed by atoms with Crippen LogP contribution in [0.2, 0.25) is 0 Å². The van der Waals surface area contributed by atoms with E-state index in [2.05, 4.69) is 25.6 Å². The predicted molar refractivity (Wildman–Crippen MR) is 118 cm³/mol. The Bertz CT molecular complexity index is 1260. The number of halogens is 1. The molecule has 0 aliphatic carbocycles. The molecule has 1 amide bonds. The van der Waals surface area contributed by atoms with Gasteiger partial charge in [0.1, 0.15) is 35.0 Å². The number of hydrogen-bond donors (Lipinski definition) is 1. The molecule has 5 rings (SSSR count). The van der Waals surface area contributed by atoms with Gasteiger partial charge in [-0.2, -0.15) is 0 Å². The van der Waals surface area contributed by atoms with Crippen LogP contribution in [0.15, 0.2) is 55.1 Å². The van der Waals surface area contributed by atoms with Crippen molar-refractivity contribution in [3.05, 3.63) is 66.5 Å². The molecule has 4 aromatic rings. The van der Waals surface area contributed by atoms with E-state index in [1.807, 2.05) is 6.20 Å². The van der Waals surface area contributed by atoms with Crippen LogP contribution < -0.4 is 5.32 Å². The lowest BCUT2D eigenvalue weighted by molar-refractivity contribution is 0.0696. The van der Waals surface area contributed by atoms with Crippen LogP contribution in [0.25, 0.3) is 28.5 Å². The average Bonchev–Trinajstić information content (AvgIpc) is 3.47. The van der Waals surface area contributed by atoms with Crippen molar-refractivity contribution in [3.63, 3.8) is 0 Å². The SMILES string of the molecule is Cn1nnc(-c2ccc(F)cc2)c1-c1cn(-c2ccc(C(=O)NC3CCOCC3)cn2)cn1. The maximum absolute atomic E-state index is 13.3. The van der Waals surface area contributed by atoms with Gasteiger partial charge in [-0.3, -0.25) is 9.36 Å². The van der Waals surface area contributed by atoms with Gasteiger partial charge in [-0.05, 0) is 49.2 Å². The van der Waals surface area contributed by atoms with E-state index in [-0.39, 0.29) is 17.8 Å². The third kappa shape index (κ3) is 4.37. The molecule has 1 aliphatic heterocycles. The fourth-order valence-corrected chi connectivity index (χ4v) is 3.80. The van der Waals surface area contributed by atoms with Crippen LogP contribution in [0.5, 0.6) is 0 Å². The second kappa shape index (κ2) is 8.91. The van der Waals surface area contributed by atoms with E-state index in [9.17, 15) is 9.18 Å². The zero-order valence-corrected chi connectivity index (χ0v) is 18.0. The Labute approximate surface area is 189 Å². The maximum atomic E-state index is 13.3. The Morgan fingerprint density at radius 2 is 1.91 bits per heavy atom. The Morgan fingerprint density at radius 3 is 2.64 bits per heavy atom. The summed E-state index contributed by atoms with van der Waals surface area (Å²) in [6, 6.07) is 9.73. The third-order valence-electron chi connectivity index (χ3n) is 5.60. The summed E-state index contributed by atoms with van der Waals surface area (Å²) in [5, 5.41) is 11.4. The summed E-state index contributed by atoms with van der Waals surface area (Å²) in [4.78, 5) is 21.4. The normalized spacial score (nSPS) is 14.4. The highest BCUT2D eigenvalue weighted by Gasteiger charge is 2.19. The number of benzene rings is 1. The zero-order chi connectivity index (χ0) is 22.8. The van der Waals surface area contributed by atoms with Gasteiger partial charge in [-0.15, -0.1) is 5.10 Å². The standard InChI is InChI=1S/C23H22FN7O2/c1-30-22(21(28-29-30)15-2-5-17(24)6-3-15)19-13-31(14-26-19)20-7-4-16(12-25-20)23(32)27-18-8-10-33-11-9-18/h2-7,12-14,18H,8-11H2,1H3,(H,27,32). The lowest BCUT2D eigenvalue weighted by Gasteiger charge is -2.23. The Balaban J connectivity index is 1.36. The van der Waals surface area contributed by atoms with Crippen molar-refractivity contribution in [2.45, 2.75) is 18.9 Å². The number of aryl methyl sites for hydroxylation is 1. The molecule has 0 saturated carbocycles. The second-order valence-corrected chi connectivity index (χ2v) is 7.85. The van der Waals surface area contributed by atoms with Crippen molar-refractivity contribution in [1.82, 2.24) is 34.8 Å². The van der Waals surface area contributed by atoms with Gasteiger partial charge < -0.3 is 10.1 Å². The molecule has 1 aromatic carbocycles. The van der Waals surface area contributed by atoms with E-state index in [1.54, 1.807) is 53.1 Å². The molecule has 1 saturated heterocycles. The van der Waals surface area contributed by atoms with Gasteiger partial charge >= 0.3 is 0 Å². The van der Waals surface area contributed by atoms with Crippen molar-refractivity contribution >= 4 is 5.91 Å². The quantitative estimate of drug-likeness (QED) is 0.505. The number of amides is 1. The van der Waals surface area contributed by atoms with E-state index >= 15 is 0 Å². The summed E-state index contributed by atoms with van der Waals surface area (Å²) in [5.41, 5.74) is 3.20. The molecule has 1 fully saturated rings. The Hall–Kier alpha value is -3.92. The van der Waals surface area contributed by atoms with Crippen molar-refractivity contribution in [3.8, 4) is 28.5 Å². The van der Waals surface area contributed by atoms with Gasteiger partial charge in [-0.25, -0.2) is 19.0 Å². The average molecular weight is 447 g/mol. The highest BCUT2D eigenvalue weighted by molar-refractivity contribution is 5.94. The van der Waals surface area contributed by atoms with E-state index in [0.717, 1.165) is 18.4 Å². The first-order valence-corrected chi connectivity index (χ1v) is 10.6. The van der Waals surface area contributed by atoms with Gasteiger partial charge in [0.05, 0.1) is 5.56 Å². The number of aromatic nitrogens is 6. The number of carbonyl (C=O) groups is 1. The van der Waals surface area contributed by atoms with Crippen LogP contribution in [-0.2, 0) is 11.8 Å². The molecular formula is C23H22FN7O2. The molecule has 4 heterocycles. The largest absolute Gasteiger partial charge is 0.381 e. The van der Waals surface area contributed by atoms with Gasteiger partial charge in [-0.1, -0.05) is 5.21 Å². The number of hydrogen-bond acceptors (Lipinski definition) is 6. The molecule has 0 bridgehead atoms. The minimum atomic E-state index is -0.315. The van der Waals surface area contributed by atoms with Crippen LogP contribution >= 0.6 is 0 Å². The number of nitrogens with zero attached hydrogens (tertiary/aromatic N) is 6. The van der Waals surface area contributed by atoms with Crippen LogP contribution in [0.1, 0.15) is 23.2 Å². The minimum absolute atomic E-state index is 0.130. The lowest BCUT2D eigenvalue weighted by Crippen LogP contribution is -2.38. The number of rotatable bonds is 5. The first-order valence-electron chi connectivity index (χ1n) is 10.6. The predicted octanol–water partition coefficient (Wildman–Crippen LogP) is 2.78. The molecule has 3 aromatic heterocycles. The third-order valence-corrected chi connectivity index (χ3v) is 5.60. The summed E-state index contributed by atoms with van der Waals surface area (Å²) < 4.78 is 22.0. The van der Waals surface area contributed by atoms with Crippen LogP contribution in [0.4, 0.5) is 4.39 Å².